The molecule has 32 heavy (non-hydrogen) atoms. The van der Waals surface area contributed by atoms with Gasteiger partial charge in [-0.15, -0.1) is 0 Å². The smallest absolute Gasteiger partial charge is 0.253 e. The van der Waals surface area contributed by atoms with E-state index in [0.29, 0.717) is 6.61 Å². The van der Waals surface area contributed by atoms with Gasteiger partial charge in [-0.25, -0.2) is 0 Å². The van der Waals surface area contributed by atoms with Crippen LogP contribution in [0.2, 0.25) is 0 Å². The van der Waals surface area contributed by atoms with Crippen LogP contribution in [0.4, 0.5) is 0 Å². The van der Waals surface area contributed by atoms with Gasteiger partial charge in [0.1, 0.15) is 12.4 Å². The van der Waals surface area contributed by atoms with Gasteiger partial charge in [-0.3, -0.25) is 14.7 Å². The Labute approximate surface area is 191 Å². The van der Waals surface area contributed by atoms with Crippen molar-refractivity contribution in [3.05, 3.63) is 65.7 Å². The fraction of sp³-hybridized carbons (Fsp3) is 0.440. The molecule has 0 spiro atoms. The van der Waals surface area contributed by atoms with Gasteiger partial charge in [0, 0.05) is 66.0 Å². The largest absolute Gasteiger partial charge is 0.492 e. The van der Waals surface area contributed by atoms with Crippen molar-refractivity contribution < 1.29 is 9.53 Å². The monoisotopic (exact) mass is 437 g/mol. The average Bonchev–Trinajstić information content (AvgIpc) is 2.83. The lowest BCUT2D eigenvalue weighted by Gasteiger charge is -2.36. The van der Waals surface area contributed by atoms with Crippen molar-refractivity contribution in [2.24, 2.45) is 4.99 Å². The third kappa shape index (κ3) is 6.99. The lowest BCUT2D eigenvalue weighted by molar-refractivity contribution is 0.0827. The fourth-order valence-electron chi connectivity index (χ4n) is 3.76. The number of benzene rings is 2. The molecule has 1 amide bonds. The summed E-state index contributed by atoms with van der Waals surface area (Å²) in [6.45, 7) is 6.28. The van der Waals surface area contributed by atoms with Crippen molar-refractivity contribution >= 4 is 11.9 Å². The van der Waals surface area contributed by atoms with E-state index in [-0.39, 0.29) is 5.91 Å². The minimum atomic E-state index is 0.0302. The highest BCUT2D eigenvalue weighted by molar-refractivity contribution is 5.94. The van der Waals surface area contributed by atoms with Crippen LogP contribution in [0.25, 0.3) is 0 Å². The number of hydrogen-bond donors (Lipinski definition) is 1. The van der Waals surface area contributed by atoms with E-state index in [4.69, 9.17) is 4.74 Å². The van der Waals surface area contributed by atoms with Gasteiger partial charge in [0.2, 0.25) is 0 Å². The topological polar surface area (TPSA) is 60.4 Å². The number of carbonyl (C=O) groups excluding carboxylic acids is 1. The lowest BCUT2D eigenvalue weighted by atomic mass is 10.1. The van der Waals surface area contributed by atoms with Crippen molar-refractivity contribution in [1.29, 1.82) is 0 Å². The minimum absolute atomic E-state index is 0.0302. The maximum absolute atomic E-state index is 12.2. The van der Waals surface area contributed by atoms with Gasteiger partial charge >= 0.3 is 0 Å². The molecule has 7 heteroatoms. The highest BCUT2D eigenvalue weighted by atomic mass is 16.5. The zero-order valence-corrected chi connectivity index (χ0v) is 19.5. The third-order valence-corrected chi connectivity index (χ3v) is 5.58. The summed E-state index contributed by atoms with van der Waals surface area (Å²) < 4.78 is 5.82. The summed E-state index contributed by atoms with van der Waals surface area (Å²) in [7, 11) is 5.38. The number of aliphatic imine (C=N–C) groups is 1. The Hall–Kier alpha value is -3.06. The van der Waals surface area contributed by atoms with Crippen molar-refractivity contribution in [1.82, 2.24) is 20.0 Å². The van der Waals surface area contributed by atoms with Gasteiger partial charge in [-0.1, -0.05) is 30.3 Å². The Morgan fingerprint density at radius 2 is 1.81 bits per heavy atom. The molecule has 7 nitrogen and oxygen atoms in total. The third-order valence-electron chi connectivity index (χ3n) is 5.58. The zero-order valence-electron chi connectivity index (χ0n) is 19.5. The Kier molecular flexibility index (Phi) is 8.92. The van der Waals surface area contributed by atoms with Crippen LogP contribution in [0.3, 0.4) is 0 Å². The number of ether oxygens (including phenoxy) is 1. The molecular weight excluding hydrogens is 402 g/mol. The van der Waals surface area contributed by atoms with Gasteiger partial charge in [0.25, 0.3) is 5.91 Å². The number of rotatable bonds is 8. The molecular formula is C25H35N5O2. The van der Waals surface area contributed by atoms with Crippen LogP contribution in [-0.4, -0.2) is 93.6 Å². The van der Waals surface area contributed by atoms with E-state index in [0.717, 1.165) is 68.5 Å². The summed E-state index contributed by atoms with van der Waals surface area (Å²) in [5.41, 5.74) is 1.87. The fourth-order valence-corrected chi connectivity index (χ4v) is 3.76. The molecule has 0 bridgehead atoms. The lowest BCUT2D eigenvalue weighted by Crippen LogP contribution is -2.53. The second-order valence-electron chi connectivity index (χ2n) is 8.11. The molecule has 1 aliphatic rings. The SMILES string of the molecule is CN=C(NCCc1cccc(C(=O)N(C)C)c1)N1CCN(CCOc2ccccc2)CC1. The van der Waals surface area contributed by atoms with E-state index < -0.39 is 0 Å². The maximum Gasteiger partial charge on any atom is 0.253 e. The van der Waals surface area contributed by atoms with E-state index >= 15 is 0 Å². The van der Waals surface area contributed by atoms with Crippen LogP contribution in [-0.2, 0) is 6.42 Å². The van der Waals surface area contributed by atoms with E-state index in [1.807, 2.05) is 55.6 Å². The first-order valence-electron chi connectivity index (χ1n) is 11.2. The number of amides is 1. The molecule has 2 aromatic rings. The second-order valence-corrected chi connectivity index (χ2v) is 8.11. The first-order valence-corrected chi connectivity index (χ1v) is 11.2. The molecule has 0 atom stereocenters. The minimum Gasteiger partial charge on any atom is -0.492 e. The number of nitrogens with zero attached hydrogens (tertiary/aromatic N) is 4. The Bertz CT molecular complexity index is 877. The first kappa shape index (κ1) is 23.6. The van der Waals surface area contributed by atoms with Crippen LogP contribution in [0.15, 0.2) is 59.6 Å². The summed E-state index contributed by atoms with van der Waals surface area (Å²) >= 11 is 0. The quantitative estimate of drug-likeness (QED) is 0.507. The van der Waals surface area contributed by atoms with Crippen molar-refractivity contribution in [2.45, 2.75) is 6.42 Å². The molecule has 172 valence electrons. The van der Waals surface area contributed by atoms with Crippen molar-refractivity contribution in [2.75, 3.05) is 67.0 Å². The van der Waals surface area contributed by atoms with Gasteiger partial charge in [0.15, 0.2) is 5.96 Å². The molecule has 0 unspecified atom stereocenters. The summed E-state index contributed by atoms with van der Waals surface area (Å²) in [6, 6.07) is 17.8. The molecule has 0 aliphatic carbocycles. The van der Waals surface area contributed by atoms with Crippen LogP contribution < -0.4 is 10.1 Å². The van der Waals surface area contributed by atoms with Gasteiger partial charge in [0.05, 0.1) is 0 Å². The number of guanidine groups is 1. The molecule has 2 aromatic carbocycles. The average molecular weight is 438 g/mol. The number of para-hydroxylation sites is 1. The predicted molar refractivity (Wildman–Crippen MR) is 129 cm³/mol. The molecule has 0 aromatic heterocycles. The van der Waals surface area contributed by atoms with E-state index in [1.54, 1.807) is 19.0 Å². The Balaban J connectivity index is 1.38. The van der Waals surface area contributed by atoms with Crippen LogP contribution >= 0.6 is 0 Å². The number of hydrogen-bond acceptors (Lipinski definition) is 4. The molecule has 1 N–H and O–H groups in total. The summed E-state index contributed by atoms with van der Waals surface area (Å²) in [5.74, 6) is 1.89. The first-order chi connectivity index (χ1) is 15.6. The summed E-state index contributed by atoms with van der Waals surface area (Å²) in [6.07, 6.45) is 0.838. The normalized spacial score (nSPS) is 14.8. The maximum atomic E-state index is 12.2. The zero-order chi connectivity index (χ0) is 22.8. The number of nitrogens with one attached hydrogen (secondary N) is 1. The molecule has 1 saturated heterocycles. The van der Waals surface area contributed by atoms with E-state index in [1.165, 1.54) is 0 Å². The second kappa shape index (κ2) is 12.1. The van der Waals surface area contributed by atoms with Gasteiger partial charge in [-0.2, -0.15) is 0 Å². The van der Waals surface area contributed by atoms with Crippen LogP contribution in [0.1, 0.15) is 15.9 Å². The molecule has 1 fully saturated rings. The summed E-state index contributed by atoms with van der Waals surface area (Å²) in [4.78, 5) is 23.0. The highest BCUT2D eigenvalue weighted by Gasteiger charge is 2.19. The summed E-state index contributed by atoms with van der Waals surface area (Å²) in [5, 5.41) is 3.48. The molecule has 1 heterocycles. The molecule has 1 aliphatic heterocycles. The predicted octanol–water partition coefficient (Wildman–Crippen LogP) is 2.20. The molecule has 0 saturated carbocycles. The number of carbonyl (C=O) groups is 1. The van der Waals surface area contributed by atoms with E-state index in [9.17, 15) is 4.79 Å². The number of piperazine rings is 1. The van der Waals surface area contributed by atoms with Crippen molar-refractivity contribution in [3.63, 3.8) is 0 Å². The Morgan fingerprint density at radius 1 is 1.06 bits per heavy atom. The Morgan fingerprint density at radius 3 is 2.50 bits per heavy atom. The molecule has 3 rings (SSSR count). The van der Waals surface area contributed by atoms with Gasteiger partial charge < -0.3 is 19.9 Å². The highest BCUT2D eigenvalue weighted by Crippen LogP contribution is 2.10. The molecule has 0 radical (unpaired) electrons. The van der Waals surface area contributed by atoms with Crippen molar-refractivity contribution in [3.8, 4) is 5.75 Å². The van der Waals surface area contributed by atoms with E-state index in [2.05, 4.69) is 26.2 Å². The standard InChI is InChI=1S/C25H35N5O2/c1-26-25(27-13-12-21-8-7-9-22(20-21)24(31)28(2)3)30-16-14-29(15-17-30)18-19-32-23-10-5-4-6-11-23/h4-11,20H,12-19H2,1-3H3,(H,26,27). The van der Waals surface area contributed by atoms with Gasteiger partial charge in [-0.05, 0) is 36.2 Å². The van der Waals surface area contributed by atoms with Crippen LogP contribution in [0.5, 0.6) is 5.75 Å². The van der Waals surface area contributed by atoms with Crippen LogP contribution in [0, 0.1) is 0 Å².